The Labute approximate surface area is 120 Å². The molecule has 0 amide bonds. The average Bonchev–Trinajstić information content (AvgIpc) is 2.36. The van der Waals surface area contributed by atoms with Gasteiger partial charge in [-0.25, -0.2) is 0 Å². The highest BCUT2D eigenvalue weighted by atomic mass is 16.5. The zero-order valence-electron chi connectivity index (χ0n) is 13.8. The van der Waals surface area contributed by atoms with E-state index in [1.54, 1.807) is 0 Å². The average molecular weight is 269 g/mol. The van der Waals surface area contributed by atoms with Crippen molar-refractivity contribution in [1.29, 1.82) is 0 Å². The molecule has 114 valence electrons. The molecule has 0 spiro atoms. The largest absolute Gasteiger partial charge is 0.371 e. The zero-order valence-corrected chi connectivity index (χ0v) is 13.8. The molecule has 0 bridgehead atoms. The Balaban J connectivity index is 2.55. The maximum Gasteiger partial charge on any atom is 0.0810 e. The molecule has 1 aliphatic rings. The third kappa shape index (κ3) is 5.83. The first-order valence-corrected chi connectivity index (χ1v) is 8.40. The Hall–Kier alpha value is -0.0800. The van der Waals surface area contributed by atoms with Crippen LogP contribution in [0, 0.1) is 11.8 Å². The molecular weight excluding hydrogens is 234 g/mol. The van der Waals surface area contributed by atoms with Gasteiger partial charge in [-0.1, -0.05) is 34.1 Å². The summed E-state index contributed by atoms with van der Waals surface area (Å²) in [5.74, 6) is 1.65. The molecule has 0 aromatic carbocycles. The van der Waals surface area contributed by atoms with Crippen molar-refractivity contribution in [3.8, 4) is 0 Å². The molecule has 0 aromatic rings. The van der Waals surface area contributed by atoms with Gasteiger partial charge in [-0.05, 0) is 57.4 Å². The summed E-state index contributed by atoms with van der Waals surface area (Å²) in [4.78, 5) is 0. The van der Waals surface area contributed by atoms with Crippen molar-refractivity contribution in [3.63, 3.8) is 0 Å². The van der Waals surface area contributed by atoms with Crippen LogP contribution >= 0.6 is 0 Å². The van der Waals surface area contributed by atoms with Crippen molar-refractivity contribution in [2.45, 2.75) is 84.8 Å². The van der Waals surface area contributed by atoms with E-state index in [0.29, 0.717) is 6.10 Å². The molecule has 1 aliphatic carbocycles. The number of rotatable bonds is 8. The standard InChI is InChI=1S/C17H35NO/c1-6-16-8-10-17(11-9-16,13-18-7-2)19-15(5)12-14(3)4/h14-16,18H,6-13H2,1-5H3. The lowest BCUT2D eigenvalue weighted by Gasteiger charge is -2.42. The molecule has 1 fully saturated rings. The first-order valence-electron chi connectivity index (χ1n) is 8.40. The highest BCUT2D eigenvalue weighted by molar-refractivity contribution is 4.90. The van der Waals surface area contributed by atoms with Gasteiger partial charge in [-0.15, -0.1) is 0 Å². The molecule has 1 atom stereocenters. The summed E-state index contributed by atoms with van der Waals surface area (Å²) in [7, 11) is 0. The van der Waals surface area contributed by atoms with E-state index in [9.17, 15) is 0 Å². The number of hydrogen-bond acceptors (Lipinski definition) is 2. The number of ether oxygens (including phenoxy) is 1. The van der Waals surface area contributed by atoms with Gasteiger partial charge in [0.05, 0.1) is 11.7 Å². The van der Waals surface area contributed by atoms with Gasteiger partial charge in [-0.3, -0.25) is 0 Å². The second kappa shape index (κ2) is 8.26. The Bertz CT molecular complexity index is 231. The van der Waals surface area contributed by atoms with Crippen LogP contribution in [0.25, 0.3) is 0 Å². The maximum atomic E-state index is 6.52. The fourth-order valence-corrected chi connectivity index (χ4v) is 3.44. The first-order chi connectivity index (χ1) is 9.01. The third-order valence-electron chi connectivity index (χ3n) is 4.55. The van der Waals surface area contributed by atoms with Crippen LogP contribution in [0.1, 0.15) is 73.1 Å². The molecule has 1 saturated carbocycles. The number of hydrogen-bond donors (Lipinski definition) is 1. The molecule has 0 heterocycles. The second-order valence-corrected chi connectivity index (χ2v) is 6.87. The molecule has 0 aromatic heterocycles. The lowest BCUT2D eigenvalue weighted by Crippen LogP contribution is -2.47. The summed E-state index contributed by atoms with van der Waals surface area (Å²) in [6.07, 6.45) is 8.05. The van der Waals surface area contributed by atoms with Gasteiger partial charge in [-0.2, -0.15) is 0 Å². The number of nitrogens with one attached hydrogen (secondary N) is 1. The van der Waals surface area contributed by atoms with E-state index in [2.05, 4.69) is 39.9 Å². The van der Waals surface area contributed by atoms with Crippen LogP contribution in [-0.2, 0) is 4.74 Å². The fraction of sp³-hybridized carbons (Fsp3) is 1.00. The first kappa shape index (κ1) is 17.0. The molecule has 0 aliphatic heterocycles. The van der Waals surface area contributed by atoms with Crippen LogP contribution in [0.2, 0.25) is 0 Å². The van der Waals surface area contributed by atoms with E-state index in [0.717, 1.165) is 24.9 Å². The minimum Gasteiger partial charge on any atom is -0.371 e. The van der Waals surface area contributed by atoms with Crippen LogP contribution in [0.15, 0.2) is 0 Å². The normalized spacial score (nSPS) is 29.7. The molecule has 19 heavy (non-hydrogen) atoms. The van der Waals surface area contributed by atoms with Crippen molar-refractivity contribution in [3.05, 3.63) is 0 Å². The van der Waals surface area contributed by atoms with E-state index < -0.39 is 0 Å². The Kier molecular flexibility index (Phi) is 7.38. The SMILES string of the molecule is CCNCC1(OC(C)CC(C)C)CCC(CC)CC1. The smallest absolute Gasteiger partial charge is 0.0810 e. The summed E-state index contributed by atoms with van der Waals surface area (Å²) in [6, 6.07) is 0. The topological polar surface area (TPSA) is 21.3 Å². The monoisotopic (exact) mass is 269 g/mol. The van der Waals surface area contributed by atoms with Crippen LogP contribution in [0.5, 0.6) is 0 Å². The maximum absolute atomic E-state index is 6.52. The molecule has 2 heteroatoms. The summed E-state index contributed by atoms with van der Waals surface area (Å²) >= 11 is 0. The molecule has 1 unspecified atom stereocenters. The van der Waals surface area contributed by atoms with Crippen LogP contribution < -0.4 is 5.32 Å². The summed E-state index contributed by atoms with van der Waals surface area (Å²) < 4.78 is 6.52. The summed E-state index contributed by atoms with van der Waals surface area (Å²) in [5, 5.41) is 3.53. The van der Waals surface area contributed by atoms with Crippen molar-refractivity contribution in [2.24, 2.45) is 11.8 Å². The van der Waals surface area contributed by atoms with Crippen molar-refractivity contribution < 1.29 is 4.74 Å². The minimum absolute atomic E-state index is 0.107. The van der Waals surface area contributed by atoms with Crippen molar-refractivity contribution in [1.82, 2.24) is 5.32 Å². The highest BCUT2D eigenvalue weighted by Crippen LogP contribution is 2.37. The van der Waals surface area contributed by atoms with E-state index >= 15 is 0 Å². The highest BCUT2D eigenvalue weighted by Gasteiger charge is 2.36. The molecule has 1 rings (SSSR count). The molecule has 0 radical (unpaired) electrons. The van der Waals surface area contributed by atoms with Gasteiger partial charge in [0.15, 0.2) is 0 Å². The van der Waals surface area contributed by atoms with Gasteiger partial charge in [0.25, 0.3) is 0 Å². The van der Waals surface area contributed by atoms with Gasteiger partial charge in [0.2, 0.25) is 0 Å². The minimum atomic E-state index is 0.107. The number of likely N-dealkylation sites (N-methyl/N-ethyl adjacent to an activating group) is 1. The third-order valence-corrected chi connectivity index (χ3v) is 4.55. The molecule has 2 nitrogen and oxygen atoms in total. The van der Waals surface area contributed by atoms with Gasteiger partial charge >= 0.3 is 0 Å². The fourth-order valence-electron chi connectivity index (χ4n) is 3.44. The van der Waals surface area contributed by atoms with Gasteiger partial charge in [0.1, 0.15) is 0 Å². The Morgan fingerprint density at radius 3 is 2.26 bits per heavy atom. The van der Waals surface area contributed by atoms with E-state index in [4.69, 9.17) is 4.74 Å². The summed E-state index contributed by atoms with van der Waals surface area (Å²) in [6.45, 7) is 13.4. The molecular formula is C17H35NO. The Morgan fingerprint density at radius 2 is 1.79 bits per heavy atom. The van der Waals surface area contributed by atoms with Crippen molar-refractivity contribution in [2.75, 3.05) is 13.1 Å². The quantitative estimate of drug-likeness (QED) is 0.706. The van der Waals surface area contributed by atoms with Gasteiger partial charge in [0, 0.05) is 6.54 Å². The lowest BCUT2D eigenvalue weighted by molar-refractivity contribution is -0.116. The van der Waals surface area contributed by atoms with Gasteiger partial charge < -0.3 is 10.1 Å². The molecule has 1 N–H and O–H groups in total. The second-order valence-electron chi connectivity index (χ2n) is 6.87. The predicted molar refractivity (Wildman–Crippen MR) is 83.5 cm³/mol. The zero-order chi connectivity index (χ0) is 14.3. The van der Waals surface area contributed by atoms with Crippen molar-refractivity contribution >= 4 is 0 Å². The van der Waals surface area contributed by atoms with E-state index in [-0.39, 0.29) is 5.60 Å². The van der Waals surface area contributed by atoms with E-state index in [1.165, 1.54) is 38.5 Å². The summed E-state index contributed by atoms with van der Waals surface area (Å²) in [5.41, 5.74) is 0.107. The van der Waals surface area contributed by atoms with Crippen LogP contribution in [-0.4, -0.2) is 24.8 Å². The predicted octanol–water partition coefficient (Wildman–Crippen LogP) is 4.39. The van der Waals surface area contributed by atoms with E-state index in [1.807, 2.05) is 0 Å². The lowest BCUT2D eigenvalue weighted by atomic mass is 9.77. The van der Waals surface area contributed by atoms with Crippen LogP contribution in [0.3, 0.4) is 0 Å². The van der Waals surface area contributed by atoms with Crippen LogP contribution in [0.4, 0.5) is 0 Å². The Morgan fingerprint density at radius 1 is 1.16 bits per heavy atom. The molecule has 0 saturated heterocycles.